The van der Waals surface area contributed by atoms with E-state index < -0.39 is 0 Å². The summed E-state index contributed by atoms with van der Waals surface area (Å²) in [4.78, 5) is 14.6. The van der Waals surface area contributed by atoms with Gasteiger partial charge in [-0.05, 0) is 76.7 Å². The average Bonchev–Trinajstić information content (AvgIpc) is 2.85. The molecule has 0 unspecified atom stereocenters. The van der Waals surface area contributed by atoms with Crippen LogP contribution in [0.2, 0.25) is 0 Å². The van der Waals surface area contributed by atoms with Crippen LogP contribution in [0, 0.1) is 0 Å². The highest BCUT2D eigenvalue weighted by atomic mass is 16.5. The van der Waals surface area contributed by atoms with Gasteiger partial charge < -0.3 is 9.64 Å². The van der Waals surface area contributed by atoms with Crippen LogP contribution in [0.3, 0.4) is 0 Å². The van der Waals surface area contributed by atoms with Crippen LogP contribution in [0.4, 0.5) is 0 Å². The molecule has 0 aliphatic heterocycles. The number of nitrogens with zero attached hydrogens (tertiary/aromatic N) is 3. The molecule has 0 amide bonds. The van der Waals surface area contributed by atoms with E-state index in [0.717, 1.165) is 61.5 Å². The summed E-state index contributed by atoms with van der Waals surface area (Å²) in [6.07, 6.45) is 25.1. The second-order valence-electron chi connectivity index (χ2n) is 9.53. The average molecular weight is 480 g/mol. The maximum absolute atomic E-state index is 12.5. The molecule has 5 nitrogen and oxygen atoms in total. The summed E-state index contributed by atoms with van der Waals surface area (Å²) in [6, 6.07) is 5.64. The summed E-state index contributed by atoms with van der Waals surface area (Å²) in [5.41, 5.74) is 1.83. The molecule has 0 atom stereocenters. The van der Waals surface area contributed by atoms with Crippen LogP contribution in [-0.4, -0.2) is 41.7 Å². The number of allylic oxidation sites excluding steroid dienone is 4. The lowest BCUT2D eigenvalue weighted by atomic mass is 10.1. The van der Waals surface area contributed by atoms with Crippen molar-refractivity contribution in [3.63, 3.8) is 0 Å². The van der Waals surface area contributed by atoms with Gasteiger partial charge in [0, 0.05) is 18.4 Å². The first-order chi connectivity index (χ1) is 17.1. The van der Waals surface area contributed by atoms with Crippen molar-refractivity contribution < 1.29 is 9.53 Å². The van der Waals surface area contributed by atoms with Crippen molar-refractivity contribution >= 4 is 16.9 Å². The van der Waals surface area contributed by atoms with E-state index in [1.807, 2.05) is 32.3 Å². The number of benzene rings is 1. The lowest BCUT2D eigenvalue weighted by Gasteiger charge is -2.13. The van der Waals surface area contributed by atoms with Crippen molar-refractivity contribution in [3.8, 4) is 5.75 Å². The van der Waals surface area contributed by atoms with Crippen LogP contribution >= 0.6 is 0 Å². The van der Waals surface area contributed by atoms with Crippen molar-refractivity contribution in [2.45, 2.75) is 90.4 Å². The number of carbonyl (C=O) groups is 1. The highest BCUT2D eigenvalue weighted by Gasteiger charge is 2.13. The maximum Gasteiger partial charge on any atom is 0.311 e. The molecule has 0 saturated carbocycles. The highest BCUT2D eigenvalue weighted by molar-refractivity contribution is 5.90. The molecule has 0 fully saturated rings. The van der Waals surface area contributed by atoms with Gasteiger partial charge in [-0.3, -0.25) is 4.79 Å². The Morgan fingerprint density at radius 3 is 2.40 bits per heavy atom. The SMILES string of the molecule is CCCCC/C=C\C/C=C\CCCCCCCC(=O)Oc1cccc2nncc(CCN(C)C)c12. The largest absolute Gasteiger partial charge is 0.426 e. The summed E-state index contributed by atoms with van der Waals surface area (Å²) in [7, 11) is 4.09. The second-order valence-corrected chi connectivity index (χ2v) is 9.53. The van der Waals surface area contributed by atoms with E-state index in [1.165, 1.54) is 38.5 Å². The molecule has 192 valence electrons. The Bertz CT molecular complexity index is 916. The topological polar surface area (TPSA) is 55.3 Å². The summed E-state index contributed by atoms with van der Waals surface area (Å²) in [5.74, 6) is 0.428. The van der Waals surface area contributed by atoms with Gasteiger partial charge in [0.25, 0.3) is 0 Å². The number of fused-ring (bicyclic) bond motifs is 1. The van der Waals surface area contributed by atoms with E-state index in [1.54, 1.807) is 6.20 Å². The van der Waals surface area contributed by atoms with Gasteiger partial charge in [-0.1, -0.05) is 69.4 Å². The number of unbranched alkanes of at least 4 members (excludes halogenated alkanes) is 8. The zero-order chi connectivity index (χ0) is 25.1. The lowest BCUT2D eigenvalue weighted by molar-refractivity contribution is -0.134. The molecule has 0 aliphatic rings. The third-order valence-electron chi connectivity index (χ3n) is 6.09. The van der Waals surface area contributed by atoms with Gasteiger partial charge >= 0.3 is 5.97 Å². The zero-order valence-electron chi connectivity index (χ0n) is 22.2. The fourth-order valence-electron chi connectivity index (χ4n) is 4.02. The predicted molar refractivity (Wildman–Crippen MR) is 147 cm³/mol. The Hall–Kier alpha value is -2.53. The number of hydrogen-bond acceptors (Lipinski definition) is 5. The van der Waals surface area contributed by atoms with Crippen molar-refractivity contribution in [3.05, 3.63) is 54.3 Å². The predicted octanol–water partition coefficient (Wildman–Crippen LogP) is 7.45. The van der Waals surface area contributed by atoms with Crippen LogP contribution < -0.4 is 4.74 Å². The van der Waals surface area contributed by atoms with E-state index in [0.29, 0.717) is 12.2 Å². The summed E-state index contributed by atoms with van der Waals surface area (Å²) >= 11 is 0. The van der Waals surface area contributed by atoms with Crippen LogP contribution in [0.25, 0.3) is 10.9 Å². The molecular weight excluding hydrogens is 434 g/mol. The molecule has 0 spiro atoms. The molecule has 1 aromatic carbocycles. The minimum Gasteiger partial charge on any atom is -0.426 e. The van der Waals surface area contributed by atoms with E-state index in [2.05, 4.69) is 46.3 Å². The van der Waals surface area contributed by atoms with Gasteiger partial charge in [-0.25, -0.2) is 0 Å². The molecule has 35 heavy (non-hydrogen) atoms. The Balaban J connectivity index is 1.63. The number of carbonyl (C=O) groups excluding carboxylic acids is 1. The van der Waals surface area contributed by atoms with Crippen molar-refractivity contribution in [2.24, 2.45) is 0 Å². The molecule has 1 aromatic heterocycles. The summed E-state index contributed by atoms with van der Waals surface area (Å²) in [5, 5.41) is 9.24. The third-order valence-corrected chi connectivity index (χ3v) is 6.09. The molecular formula is C30H45N3O2. The van der Waals surface area contributed by atoms with E-state index >= 15 is 0 Å². The van der Waals surface area contributed by atoms with Crippen LogP contribution in [-0.2, 0) is 11.2 Å². The second kappa shape index (κ2) is 17.8. The smallest absolute Gasteiger partial charge is 0.311 e. The number of ether oxygens (including phenoxy) is 1. The summed E-state index contributed by atoms with van der Waals surface area (Å²) < 4.78 is 5.76. The molecule has 2 rings (SSSR count). The summed E-state index contributed by atoms with van der Waals surface area (Å²) in [6.45, 7) is 3.14. The molecule has 0 bridgehead atoms. The third kappa shape index (κ3) is 12.1. The molecule has 1 heterocycles. The van der Waals surface area contributed by atoms with Crippen LogP contribution in [0.15, 0.2) is 48.7 Å². The van der Waals surface area contributed by atoms with E-state index in [-0.39, 0.29) is 5.97 Å². The number of aromatic nitrogens is 2. The Morgan fingerprint density at radius 2 is 1.66 bits per heavy atom. The molecule has 2 aromatic rings. The van der Waals surface area contributed by atoms with E-state index in [4.69, 9.17) is 4.74 Å². The van der Waals surface area contributed by atoms with Crippen LogP contribution in [0.5, 0.6) is 5.75 Å². The maximum atomic E-state index is 12.5. The van der Waals surface area contributed by atoms with Gasteiger partial charge in [-0.15, -0.1) is 0 Å². The Labute approximate surface area is 212 Å². The molecule has 0 saturated heterocycles. The van der Waals surface area contributed by atoms with Crippen molar-refractivity contribution in [2.75, 3.05) is 20.6 Å². The minimum atomic E-state index is -0.168. The first-order valence-corrected chi connectivity index (χ1v) is 13.5. The van der Waals surface area contributed by atoms with E-state index in [9.17, 15) is 4.79 Å². The number of hydrogen-bond donors (Lipinski definition) is 0. The Morgan fingerprint density at radius 1 is 0.943 bits per heavy atom. The van der Waals surface area contributed by atoms with Crippen molar-refractivity contribution in [1.29, 1.82) is 0 Å². The number of likely N-dealkylation sites (N-methyl/N-ethyl adjacent to an activating group) is 1. The quantitative estimate of drug-likeness (QED) is 0.0961. The molecule has 0 aliphatic carbocycles. The normalized spacial score (nSPS) is 11.9. The first kappa shape index (κ1) is 28.7. The highest BCUT2D eigenvalue weighted by Crippen LogP contribution is 2.28. The van der Waals surface area contributed by atoms with Gasteiger partial charge in [0.1, 0.15) is 5.75 Å². The fourth-order valence-corrected chi connectivity index (χ4v) is 4.02. The zero-order valence-corrected chi connectivity index (χ0v) is 22.2. The van der Waals surface area contributed by atoms with Crippen LogP contribution in [0.1, 0.15) is 89.5 Å². The van der Waals surface area contributed by atoms with Gasteiger partial charge in [-0.2, -0.15) is 10.2 Å². The first-order valence-electron chi connectivity index (χ1n) is 13.5. The lowest BCUT2D eigenvalue weighted by Crippen LogP contribution is -2.15. The Kier molecular flexibility index (Phi) is 14.6. The number of esters is 1. The van der Waals surface area contributed by atoms with Gasteiger partial charge in [0.05, 0.1) is 11.7 Å². The minimum absolute atomic E-state index is 0.168. The number of rotatable bonds is 18. The molecule has 0 radical (unpaired) electrons. The van der Waals surface area contributed by atoms with Gasteiger partial charge in [0.15, 0.2) is 0 Å². The molecule has 0 N–H and O–H groups in total. The fraction of sp³-hybridized carbons (Fsp3) is 0.567. The standard InChI is InChI=1S/C30H45N3O2/c1-4-5-6-7-8-9-10-11-12-13-14-15-16-17-18-22-29(34)35-28-21-19-20-27-30(28)26(25-31-32-27)23-24-33(2)3/h8-9,11-12,19-21,25H,4-7,10,13-18,22-24H2,1-3H3/b9-8-,12-11-. The van der Waals surface area contributed by atoms with Crippen molar-refractivity contribution in [1.82, 2.24) is 15.1 Å². The molecule has 5 heteroatoms. The monoisotopic (exact) mass is 479 g/mol. The van der Waals surface area contributed by atoms with Gasteiger partial charge in [0.2, 0.25) is 0 Å².